The molecule has 0 aromatic rings. The molecule has 4 nitrogen and oxygen atoms in total. The summed E-state index contributed by atoms with van der Waals surface area (Å²) < 4.78 is 0. The van der Waals surface area contributed by atoms with Crippen LogP contribution in [0.2, 0.25) is 0 Å². The smallest absolute Gasteiger partial charge is 0.324 e. The Morgan fingerprint density at radius 2 is 2.12 bits per heavy atom. The van der Waals surface area contributed by atoms with Crippen LogP contribution in [0.3, 0.4) is 0 Å². The number of hydrogen-bond donors (Lipinski definition) is 1. The molecule has 0 aliphatic carbocycles. The molecule has 0 bridgehead atoms. The number of imide groups is 1. The van der Waals surface area contributed by atoms with Gasteiger partial charge in [-0.2, -0.15) is 11.8 Å². The van der Waals surface area contributed by atoms with Crippen LogP contribution >= 0.6 is 11.8 Å². The van der Waals surface area contributed by atoms with E-state index in [9.17, 15) is 9.59 Å². The standard InChI is InChI=1S/C12H20N2O2S/c1-9(2)8-17-7-5-6-14-10(15)12(3,4)13-11(14)16/h1,5-8H2,2-4H3,(H,13,16). The first-order valence-corrected chi connectivity index (χ1v) is 6.86. The van der Waals surface area contributed by atoms with Crippen molar-refractivity contribution in [1.29, 1.82) is 0 Å². The van der Waals surface area contributed by atoms with Gasteiger partial charge in [0.2, 0.25) is 0 Å². The van der Waals surface area contributed by atoms with E-state index < -0.39 is 5.54 Å². The van der Waals surface area contributed by atoms with Gasteiger partial charge < -0.3 is 5.32 Å². The summed E-state index contributed by atoms with van der Waals surface area (Å²) in [6.45, 7) is 9.76. The number of hydrogen-bond acceptors (Lipinski definition) is 3. The second-order valence-electron chi connectivity index (χ2n) is 4.88. The van der Waals surface area contributed by atoms with Gasteiger partial charge in [-0.05, 0) is 32.9 Å². The molecule has 96 valence electrons. The topological polar surface area (TPSA) is 49.4 Å². The van der Waals surface area contributed by atoms with E-state index in [2.05, 4.69) is 11.9 Å². The maximum Gasteiger partial charge on any atom is 0.325 e. The van der Waals surface area contributed by atoms with Crippen LogP contribution in [0.15, 0.2) is 12.2 Å². The van der Waals surface area contributed by atoms with Crippen molar-refractivity contribution in [2.75, 3.05) is 18.1 Å². The van der Waals surface area contributed by atoms with Crippen LogP contribution in [0.4, 0.5) is 4.79 Å². The molecule has 1 heterocycles. The molecular formula is C12H20N2O2S. The summed E-state index contributed by atoms with van der Waals surface area (Å²) in [5.41, 5.74) is 0.396. The van der Waals surface area contributed by atoms with Gasteiger partial charge in [-0.1, -0.05) is 12.2 Å². The van der Waals surface area contributed by atoms with Crippen molar-refractivity contribution in [3.8, 4) is 0 Å². The number of urea groups is 1. The van der Waals surface area contributed by atoms with Crippen LogP contribution in [-0.4, -0.2) is 40.4 Å². The van der Waals surface area contributed by atoms with Crippen LogP contribution in [0, 0.1) is 0 Å². The van der Waals surface area contributed by atoms with E-state index in [-0.39, 0.29) is 11.9 Å². The van der Waals surface area contributed by atoms with Gasteiger partial charge >= 0.3 is 6.03 Å². The van der Waals surface area contributed by atoms with Gasteiger partial charge in [0, 0.05) is 12.3 Å². The fourth-order valence-corrected chi connectivity index (χ4v) is 2.42. The van der Waals surface area contributed by atoms with E-state index in [1.54, 1.807) is 25.6 Å². The molecule has 0 unspecified atom stereocenters. The average Bonchev–Trinajstić information content (AvgIpc) is 2.38. The van der Waals surface area contributed by atoms with Crippen molar-refractivity contribution < 1.29 is 9.59 Å². The van der Waals surface area contributed by atoms with Gasteiger partial charge in [-0.25, -0.2) is 4.79 Å². The number of amides is 3. The first-order valence-electron chi connectivity index (χ1n) is 5.71. The monoisotopic (exact) mass is 256 g/mol. The largest absolute Gasteiger partial charge is 0.325 e. The highest BCUT2D eigenvalue weighted by Gasteiger charge is 2.43. The van der Waals surface area contributed by atoms with Gasteiger partial charge in [0.1, 0.15) is 5.54 Å². The molecule has 1 fully saturated rings. The van der Waals surface area contributed by atoms with Crippen molar-refractivity contribution in [1.82, 2.24) is 10.2 Å². The Kier molecular flexibility index (Phi) is 4.62. The highest BCUT2D eigenvalue weighted by Crippen LogP contribution is 2.17. The molecule has 3 amide bonds. The Bertz CT molecular complexity index is 339. The van der Waals surface area contributed by atoms with Gasteiger partial charge in [0.25, 0.3) is 5.91 Å². The summed E-state index contributed by atoms with van der Waals surface area (Å²) in [7, 11) is 0. The number of rotatable bonds is 6. The van der Waals surface area contributed by atoms with Crippen LogP contribution in [-0.2, 0) is 4.79 Å². The second kappa shape index (κ2) is 5.58. The molecule has 0 atom stereocenters. The summed E-state index contributed by atoms with van der Waals surface area (Å²) in [6, 6.07) is -0.273. The Morgan fingerprint density at radius 3 is 2.59 bits per heavy atom. The van der Waals surface area contributed by atoms with Crippen LogP contribution < -0.4 is 5.32 Å². The predicted molar refractivity (Wildman–Crippen MR) is 71.1 cm³/mol. The van der Waals surface area contributed by atoms with Gasteiger partial charge in [0.15, 0.2) is 0 Å². The van der Waals surface area contributed by atoms with E-state index in [1.807, 2.05) is 6.92 Å². The molecule has 0 spiro atoms. The summed E-state index contributed by atoms with van der Waals surface area (Å²) in [4.78, 5) is 24.7. The Labute approximate surface area is 107 Å². The van der Waals surface area contributed by atoms with Gasteiger partial charge in [-0.15, -0.1) is 0 Å². The minimum atomic E-state index is -0.748. The van der Waals surface area contributed by atoms with Crippen molar-refractivity contribution in [3.05, 3.63) is 12.2 Å². The minimum absolute atomic E-state index is 0.132. The number of carbonyl (C=O) groups is 2. The van der Waals surface area contributed by atoms with Crippen molar-refractivity contribution in [2.45, 2.75) is 32.7 Å². The van der Waals surface area contributed by atoms with Crippen LogP contribution in [0.1, 0.15) is 27.2 Å². The Morgan fingerprint density at radius 1 is 1.47 bits per heavy atom. The predicted octanol–water partition coefficient (Wildman–Crippen LogP) is 2.02. The van der Waals surface area contributed by atoms with E-state index >= 15 is 0 Å². The highest BCUT2D eigenvalue weighted by molar-refractivity contribution is 7.99. The molecule has 17 heavy (non-hydrogen) atoms. The normalized spacial score (nSPS) is 18.4. The first kappa shape index (κ1) is 14.1. The molecule has 1 aliphatic rings. The summed E-state index contributed by atoms with van der Waals surface area (Å²) >= 11 is 1.78. The number of nitrogens with zero attached hydrogens (tertiary/aromatic N) is 1. The lowest BCUT2D eigenvalue weighted by Crippen LogP contribution is -2.40. The molecule has 1 N–H and O–H groups in total. The molecule has 0 aromatic heterocycles. The van der Waals surface area contributed by atoms with E-state index in [0.717, 1.165) is 23.5 Å². The quantitative estimate of drug-likeness (QED) is 0.449. The zero-order chi connectivity index (χ0) is 13.1. The number of thioether (sulfide) groups is 1. The lowest BCUT2D eigenvalue weighted by molar-refractivity contribution is -0.130. The minimum Gasteiger partial charge on any atom is -0.324 e. The number of nitrogens with one attached hydrogen (secondary N) is 1. The molecule has 0 aromatic carbocycles. The second-order valence-corrected chi connectivity index (χ2v) is 5.98. The SMILES string of the molecule is C=C(C)CSCCCN1C(=O)NC(C)(C)C1=O. The average molecular weight is 256 g/mol. The number of carbonyl (C=O) groups excluding carboxylic acids is 2. The fraction of sp³-hybridized carbons (Fsp3) is 0.667. The molecule has 1 aliphatic heterocycles. The van der Waals surface area contributed by atoms with E-state index in [4.69, 9.17) is 0 Å². The Hall–Kier alpha value is -0.970. The Balaban J connectivity index is 2.30. The van der Waals surface area contributed by atoms with E-state index in [0.29, 0.717) is 6.54 Å². The summed E-state index contributed by atoms with van der Waals surface area (Å²) in [5.74, 6) is 1.74. The molecular weight excluding hydrogens is 236 g/mol. The van der Waals surface area contributed by atoms with E-state index in [1.165, 1.54) is 4.90 Å². The molecule has 0 saturated carbocycles. The summed E-state index contributed by atoms with van der Waals surface area (Å²) in [6.07, 6.45) is 0.827. The maximum atomic E-state index is 11.8. The lowest BCUT2D eigenvalue weighted by Gasteiger charge is -2.15. The third-order valence-electron chi connectivity index (χ3n) is 2.46. The fourth-order valence-electron chi connectivity index (χ4n) is 1.59. The first-order chi connectivity index (χ1) is 7.84. The third-order valence-corrected chi connectivity index (χ3v) is 3.74. The lowest BCUT2D eigenvalue weighted by atomic mass is 10.1. The van der Waals surface area contributed by atoms with Crippen molar-refractivity contribution in [2.24, 2.45) is 0 Å². The van der Waals surface area contributed by atoms with Gasteiger partial charge in [-0.3, -0.25) is 9.69 Å². The van der Waals surface area contributed by atoms with Gasteiger partial charge in [0.05, 0.1) is 0 Å². The highest BCUT2D eigenvalue weighted by atomic mass is 32.2. The molecule has 5 heteroatoms. The zero-order valence-electron chi connectivity index (χ0n) is 10.7. The molecule has 1 saturated heterocycles. The summed E-state index contributed by atoms with van der Waals surface area (Å²) in [5, 5.41) is 2.67. The molecule has 0 radical (unpaired) electrons. The van der Waals surface area contributed by atoms with Crippen molar-refractivity contribution >= 4 is 23.7 Å². The van der Waals surface area contributed by atoms with Crippen molar-refractivity contribution in [3.63, 3.8) is 0 Å². The molecule has 1 rings (SSSR count). The third kappa shape index (κ3) is 3.77. The van der Waals surface area contributed by atoms with Crippen LogP contribution in [0.25, 0.3) is 0 Å². The van der Waals surface area contributed by atoms with Crippen LogP contribution in [0.5, 0.6) is 0 Å². The maximum absolute atomic E-state index is 11.8. The zero-order valence-corrected chi connectivity index (χ0v) is 11.5.